The van der Waals surface area contributed by atoms with E-state index in [4.69, 9.17) is 11.6 Å². The maximum atomic E-state index is 13.8. The second kappa shape index (κ2) is 9.74. The van der Waals surface area contributed by atoms with Gasteiger partial charge in [0.05, 0.1) is 12.2 Å². The molecule has 0 aliphatic carbocycles. The molecular formula is C22H20ClF4N7O2. The maximum Gasteiger partial charge on any atom is 0.416 e. The molecule has 1 atom stereocenters. The highest BCUT2D eigenvalue weighted by molar-refractivity contribution is 6.30. The molecule has 0 amide bonds. The molecule has 190 valence electrons. The van der Waals surface area contributed by atoms with Crippen LogP contribution in [0.3, 0.4) is 0 Å². The van der Waals surface area contributed by atoms with Gasteiger partial charge < -0.3 is 10.0 Å². The second-order valence-corrected chi connectivity index (χ2v) is 8.49. The zero-order chi connectivity index (χ0) is 26.2. The van der Waals surface area contributed by atoms with Gasteiger partial charge in [0.1, 0.15) is 12.4 Å². The molecule has 0 aliphatic rings. The van der Waals surface area contributed by atoms with E-state index >= 15 is 0 Å². The Balaban J connectivity index is 1.77. The molecule has 4 rings (SSSR count). The van der Waals surface area contributed by atoms with Gasteiger partial charge in [-0.15, -0.1) is 10.2 Å². The fraction of sp³-hybridized carbons (Fsp3) is 0.273. The van der Waals surface area contributed by atoms with Crippen molar-refractivity contribution in [3.8, 4) is 17.1 Å². The summed E-state index contributed by atoms with van der Waals surface area (Å²) in [5.74, 6) is -0.153. The Morgan fingerprint density at radius 1 is 1.11 bits per heavy atom. The van der Waals surface area contributed by atoms with Gasteiger partial charge in [0, 0.05) is 24.7 Å². The molecule has 0 saturated carbocycles. The van der Waals surface area contributed by atoms with E-state index < -0.39 is 30.3 Å². The van der Waals surface area contributed by atoms with Gasteiger partial charge >= 0.3 is 11.9 Å². The van der Waals surface area contributed by atoms with Crippen LogP contribution in [0.1, 0.15) is 5.82 Å². The van der Waals surface area contributed by atoms with Gasteiger partial charge in [-0.25, -0.2) is 13.9 Å². The predicted octanol–water partition coefficient (Wildman–Crippen LogP) is 3.12. The number of nitrogens with zero attached hydrogens (tertiary/aromatic N) is 7. The van der Waals surface area contributed by atoms with Crippen molar-refractivity contribution in [1.29, 1.82) is 0 Å². The number of hydrogen-bond donors (Lipinski definition) is 1. The topological polar surface area (TPSA) is 94.0 Å². The van der Waals surface area contributed by atoms with Crippen molar-refractivity contribution in [2.45, 2.75) is 25.4 Å². The number of benzene rings is 2. The van der Waals surface area contributed by atoms with Gasteiger partial charge in [0.25, 0.3) is 0 Å². The summed E-state index contributed by atoms with van der Waals surface area (Å²) in [7, 11) is 3.39. The summed E-state index contributed by atoms with van der Waals surface area (Å²) in [5.41, 5.74) is -0.209. The van der Waals surface area contributed by atoms with E-state index in [9.17, 15) is 27.5 Å². The fourth-order valence-corrected chi connectivity index (χ4v) is 3.54. The lowest BCUT2D eigenvalue weighted by molar-refractivity contribution is -0.207. The van der Waals surface area contributed by atoms with Crippen molar-refractivity contribution in [2.75, 3.05) is 19.0 Å². The van der Waals surface area contributed by atoms with Gasteiger partial charge in [-0.1, -0.05) is 17.7 Å². The third kappa shape index (κ3) is 5.26. The van der Waals surface area contributed by atoms with Gasteiger partial charge in [-0.2, -0.15) is 22.8 Å². The summed E-state index contributed by atoms with van der Waals surface area (Å²) in [6, 6.07) is 11.6. The van der Waals surface area contributed by atoms with Crippen molar-refractivity contribution >= 4 is 17.5 Å². The lowest BCUT2D eigenvalue weighted by atomic mass is 10.2. The number of hydrogen-bond acceptors (Lipinski definition) is 6. The Bertz CT molecular complexity index is 1430. The highest BCUT2D eigenvalue weighted by Gasteiger charge is 2.39. The highest BCUT2D eigenvalue weighted by atomic mass is 35.5. The van der Waals surface area contributed by atoms with E-state index in [1.807, 2.05) is 0 Å². The van der Waals surface area contributed by atoms with E-state index in [1.54, 1.807) is 25.1 Å². The molecule has 1 N–H and O–H groups in total. The third-order valence-electron chi connectivity index (χ3n) is 5.14. The first-order chi connectivity index (χ1) is 16.9. The molecule has 1 unspecified atom stereocenters. The van der Waals surface area contributed by atoms with Gasteiger partial charge in [0.2, 0.25) is 5.95 Å². The number of anilines is 1. The van der Waals surface area contributed by atoms with Crippen LogP contribution >= 0.6 is 11.6 Å². The van der Waals surface area contributed by atoms with Crippen molar-refractivity contribution < 1.29 is 22.7 Å². The van der Waals surface area contributed by atoms with Gasteiger partial charge in [-0.3, -0.25) is 4.57 Å². The molecule has 0 fully saturated rings. The average molecular weight is 526 g/mol. The molecule has 2 aromatic heterocycles. The number of halogens is 5. The Kier molecular flexibility index (Phi) is 6.87. The number of aliphatic hydroxyl groups is 1. The quantitative estimate of drug-likeness (QED) is 0.373. The Hall–Kier alpha value is -3.71. The molecule has 0 aliphatic heterocycles. The number of rotatable bonds is 7. The molecule has 0 radical (unpaired) electrons. The minimum Gasteiger partial charge on any atom is -0.382 e. The number of aliphatic hydroxyl groups excluding tert-OH is 1. The lowest BCUT2D eigenvalue weighted by Gasteiger charge is -2.15. The first-order valence-corrected chi connectivity index (χ1v) is 10.9. The Morgan fingerprint density at radius 2 is 1.81 bits per heavy atom. The SMILES string of the molecule is CN(C)c1nc(Cn2nc(-c3ccc(Cl)cc3)n(CC(O)C(F)(F)F)c2=O)nn1-c1cccc(F)c1. The molecule has 0 saturated heterocycles. The second-order valence-electron chi connectivity index (χ2n) is 8.05. The summed E-state index contributed by atoms with van der Waals surface area (Å²) in [6.07, 6.45) is -7.73. The van der Waals surface area contributed by atoms with E-state index in [0.29, 0.717) is 22.2 Å². The normalized spacial score (nSPS) is 12.7. The van der Waals surface area contributed by atoms with Crippen LogP contribution in [0, 0.1) is 5.82 Å². The summed E-state index contributed by atoms with van der Waals surface area (Å²) in [6.45, 7) is -1.36. The molecule has 4 aromatic rings. The Labute approximate surface area is 206 Å². The fourth-order valence-electron chi connectivity index (χ4n) is 3.41. The van der Waals surface area contributed by atoms with Crippen LogP contribution in [-0.4, -0.2) is 60.6 Å². The molecule has 0 spiro atoms. The smallest absolute Gasteiger partial charge is 0.382 e. The van der Waals surface area contributed by atoms with Crippen LogP contribution in [0.2, 0.25) is 5.02 Å². The molecular weight excluding hydrogens is 506 g/mol. The summed E-state index contributed by atoms with van der Waals surface area (Å²) < 4.78 is 55.9. The largest absolute Gasteiger partial charge is 0.416 e. The zero-order valence-electron chi connectivity index (χ0n) is 19.0. The first-order valence-electron chi connectivity index (χ1n) is 10.5. The van der Waals surface area contributed by atoms with Crippen molar-refractivity contribution in [2.24, 2.45) is 0 Å². The molecule has 9 nitrogen and oxygen atoms in total. The maximum absolute atomic E-state index is 13.8. The van der Waals surface area contributed by atoms with E-state index in [1.165, 1.54) is 47.1 Å². The predicted molar refractivity (Wildman–Crippen MR) is 124 cm³/mol. The van der Waals surface area contributed by atoms with Gasteiger partial charge in [-0.05, 0) is 42.5 Å². The van der Waals surface area contributed by atoms with Crippen LogP contribution in [0.25, 0.3) is 17.1 Å². The van der Waals surface area contributed by atoms with Crippen molar-refractivity contribution in [1.82, 2.24) is 29.1 Å². The van der Waals surface area contributed by atoms with Crippen LogP contribution in [0.4, 0.5) is 23.5 Å². The summed E-state index contributed by atoms with van der Waals surface area (Å²) >= 11 is 5.90. The van der Waals surface area contributed by atoms with Crippen molar-refractivity contribution in [3.63, 3.8) is 0 Å². The molecule has 14 heteroatoms. The van der Waals surface area contributed by atoms with Crippen LogP contribution < -0.4 is 10.6 Å². The number of alkyl halides is 3. The van der Waals surface area contributed by atoms with Gasteiger partial charge in [0.15, 0.2) is 17.8 Å². The minimum absolute atomic E-state index is 0.0997. The lowest BCUT2D eigenvalue weighted by Crippen LogP contribution is -2.37. The number of aromatic nitrogens is 6. The van der Waals surface area contributed by atoms with Crippen LogP contribution in [0.5, 0.6) is 0 Å². The zero-order valence-corrected chi connectivity index (χ0v) is 19.7. The van der Waals surface area contributed by atoms with Crippen LogP contribution in [0.15, 0.2) is 53.3 Å². The summed E-state index contributed by atoms with van der Waals surface area (Å²) in [4.78, 5) is 19.1. The highest BCUT2D eigenvalue weighted by Crippen LogP contribution is 2.24. The van der Waals surface area contributed by atoms with Crippen LogP contribution in [-0.2, 0) is 13.1 Å². The van der Waals surface area contributed by atoms with E-state index in [2.05, 4.69) is 15.2 Å². The first kappa shape index (κ1) is 25.4. The van der Waals surface area contributed by atoms with E-state index in [-0.39, 0.29) is 18.2 Å². The monoisotopic (exact) mass is 525 g/mol. The minimum atomic E-state index is -4.94. The average Bonchev–Trinajstić information content (AvgIpc) is 3.36. The van der Waals surface area contributed by atoms with Crippen molar-refractivity contribution in [3.05, 3.63) is 75.7 Å². The molecule has 2 aromatic carbocycles. The standard InChI is InChI=1S/C22H20ClF4N7O2/c1-31(2)20-28-18(29-34(20)16-5-3-4-15(24)10-16)12-33-21(36)32(11-17(35)22(25,26)27)19(30-33)13-6-8-14(23)9-7-13/h3-10,17,35H,11-12H2,1-2H3. The summed E-state index contributed by atoms with van der Waals surface area (Å²) in [5, 5.41) is 18.5. The molecule has 0 bridgehead atoms. The third-order valence-corrected chi connectivity index (χ3v) is 5.39. The molecule has 36 heavy (non-hydrogen) atoms. The molecule has 2 heterocycles. The van der Waals surface area contributed by atoms with E-state index in [0.717, 1.165) is 9.25 Å². The Morgan fingerprint density at radius 3 is 2.42 bits per heavy atom.